The topological polar surface area (TPSA) is 0 Å². The summed E-state index contributed by atoms with van der Waals surface area (Å²) >= 11 is 2.01. The van der Waals surface area contributed by atoms with Gasteiger partial charge >= 0.3 is 0 Å². The van der Waals surface area contributed by atoms with Crippen molar-refractivity contribution in [1.82, 2.24) is 0 Å². The van der Waals surface area contributed by atoms with Crippen molar-refractivity contribution in [2.75, 3.05) is 0 Å². The summed E-state index contributed by atoms with van der Waals surface area (Å²) in [5.41, 5.74) is 0. The highest BCUT2D eigenvalue weighted by Crippen LogP contribution is 2.38. The minimum absolute atomic E-state index is 0.800. The summed E-state index contributed by atoms with van der Waals surface area (Å²) in [6.45, 7) is 9.27. The smallest absolute Gasteiger partial charge is 0.0177 e. The van der Waals surface area contributed by atoms with Crippen molar-refractivity contribution in [3.63, 3.8) is 0 Å². The molecular formula is C10H18S. The maximum absolute atomic E-state index is 2.38. The van der Waals surface area contributed by atoms with Gasteiger partial charge in [0.15, 0.2) is 0 Å². The average Bonchev–Trinajstić information content (AvgIpc) is 2.32. The zero-order chi connectivity index (χ0) is 8.43. The van der Waals surface area contributed by atoms with Crippen molar-refractivity contribution in [3.05, 3.63) is 11.5 Å². The van der Waals surface area contributed by atoms with Gasteiger partial charge in [0, 0.05) is 5.25 Å². The SMILES string of the molecule is CC(C)C1C=CSC1C(C)C. The molecule has 1 heteroatoms. The molecule has 64 valence electrons. The van der Waals surface area contributed by atoms with E-state index < -0.39 is 0 Å². The van der Waals surface area contributed by atoms with E-state index >= 15 is 0 Å². The van der Waals surface area contributed by atoms with Crippen LogP contribution in [-0.4, -0.2) is 5.25 Å². The first-order valence-corrected chi connectivity index (χ1v) is 5.39. The van der Waals surface area contributed by atoms with Crippen molar-refractivity contribution >= 4 is 11.8 Å². The van der Waals surface area contributed by atoms with Gasteiger partial charge in [-0.05, 0) is 23.2 Å². The molecule has 0 amide bonds. The summed E-state index contributed by atoms with van der Waals surface area (Å²) in [6.07, 6.45) is 2.38. The molecule has 2 unspecified atom stereocenters. The van der Waals surface area contributed by atoms with Crippen molar-refractivity contribution < 1.29 is 0 Å². The number of allylic oxidation sites excluding steroid dienone is 1. The predicted octanol–water partition coefficient (Wildman–Crippen LogP) is 3.54. The average molecular weight is 170 g/mol. The summed E-state index contributed by atoms with van der Waals surface area (Å²) in [5.74, 6) is 2.41. The lowest BCUT2D eigenvalue weighted by Gasteiger charge is -2.24. The van der Waals surface area contributed by atoms with Gasteiger partial charge in [-0.15, -0.1) is 11.8 Å². The quantitative estimate of drug-likeness (QED) is 0.611. The summed E-state index contributed by atoms with van der Waals surface area (Å²) in [7, 11) is 0. The molecule has 0 aromatic carbocycles. The lowest BCUT2D eigenvalue weighted by atomic mass is 9.87. The first-order valence-electron chi connectivity index (χ1n) is 4.45. The minimum atomic E-state index is 0.800. The summed E-state index contributed by atoms with van der Waals surface area (Å²) in [6, 6.07) is 0. The normalized spacial score (nSPS) is 30.7. The highest BCUT2D eigenvalue weighted by atomic mass is 32.2. The van der Waals surface area contributed by atoms with Crippen LogP contribution in [0.1, 0.15) is 27.7 Å². The molecule has 0 aliphatic carbocycles. The van der Waals surface area contributed by atoms with Crippen LogP contribution in [0.4, 0.5) is 0 Å². The van der Waals surface area contributed by atoms with Crippen LogP contribution in [0.3, 0.4) is 0 Å². The molecule has 0 fully saturated rings. The van der Waals surface area contributed by atoms with E-state index in [0.717, 1.165) is 23.0 Å². The second-order valence-corrected chi connectivity index (χ2v) is 5.08. The fourth-order valence-electron chi connectivity index (χ4n) is 1.63. The molecule has 0 radical (unpaired) electrons. The third kappa shape index (κ3) is 2.02. The summed E-state index contributed by atoms with van der Waals surface area (Å²) < 4.78 is 0. The number of hydrogen-bond donors (Lipinski definition) is 0. The van der Waals surface area contributed by atoms with Gasteiger partial charge in [-0.3, -0.25) is 0 Å². The summed E-state index contributed by atoms with van der Waals surface area (Å²) in [4.78, 5) is 0. The molecule has 11 heavy (non-hydrogen) atoms. The second-order valence-electron chi connectivity index (χ2n) is 3.99. The van der Waals surface area contributed by atoms with Gasteiger partial charge in [-0.25, -0.2) is 0 Å². The molecule has 0 aromatic heterocycles. The van der Waals surface area contributed by atoms with Crippen LogP contribution in [-0.2, 0) is 0 Å². The Hall–Kier alpha value is 0.0900. The molecule has 0 aromatic rings. The second kappa shape index (κ2) is 3.66. The predicted molar refractivity (Wildman–Crippen MR) is 53.7 cm³/mol. The van der Waals surface area contributed by atoms with Crippen LogP contribution < -0.4 is 0 Å². The Morgan fingerprint density at radius 1 is 1.09 bits per heavy atom. The molecule has 0 saturated heterocycles. The first-order chi connectivity index (χ1) is 5.13. The molecule has 0 spiro atoms. The van der Waals surface area contributed by atoms with E-state index in [2.05, 4.69) is 39.2 Å². The zero-order valence-electron chi connectivity index (χ0n) is 7.87. The Morgan fingerprint density at radius 2 is 1.73 bits per heavy atom. The van der Waals surface area contributed by atoms with Gasteiger partial charge in [0.2, 0.25) is 0 Å². The highest BCUT2D eigenvalue weighted by molar-refractivity contribution is 8.03. The van der Waals surface area contributed by atoms with Crippen molar-refractivity contribution in [1.29, 1.82) is 0 Å². The first kappa shape index (κ1) is 9.18. The fraction of sp³-hybridized carbons (Fsp3) is 0.800. The van der Waals surface area contributed by atoms with Crippen LogP contribution in [0.2, 0.25) is 0 Å². The number of hydrogen-bond acceptors (Lipinski definition) is 1. The van der Waals surface area contributed by atoms with Crippen molar-refractivity contribution in [3.8, 4) is 0 Å². The third-order valence-electron chi connectivity index (χ3n) is 2.34. The molecule has 0 N–H and O–H groups in total. The van der Waals surface area contributed by atoms with E-state index in [1.54, 1.807) is 0 Å². The molecule has 1 heterocycles. The number of rotatable bonds is 2. The van der Waals surface area contributed by atoms with E-state index in [9.17, 15) is 0 Å². The lowest BCUT2D eigenvalue weighted by molar-refractivity contribution is 0.399. The van der Waals surface area contributed by atoms with E-state index in [1.165, 1.54) is 0 Å². The third-order valence-corrected chi connectivity index (χ3v) is 3.83. The maximum Gasteiger partial charge on any atom is 0.0177 e. The van der Waals surface area contributed by atoms with Gasteiger partial charge in [0.05, 0.1) is 0 Å². The largest absolute Gasteiger partial charge is 0.130 e. The Labute approximate surface area is 74.5 Å². The van der Waals surface area contributed by atoms with Gasteiger partial charge in [-0.1, -0.05) is 33.8 Å². The molecule has 0 nitrogen and oxygen atoms in total. The van der Waals surface area contributed by atoms with Crippen LogP contribution in [0.15, 0.2) is 11.5 Å². The molecule has 1 aliphatic rings. The Bertz CT molecular complexity index is 147. The molecule has 2 atom stereocenters. The van der Waals surface area contributed by atoms with Gasteiger partial charge in [0.1, 0.15) is 0 Å². The Morgan fingerprint density at radius 3 is 2.09 bits per heavy atom. The highest BCUT2D eigenvalue weighted by Gasteiger charge is 2.28. The Balaban J connectivity index is 2.56. The van der Waals surface area contributed by atoms with Gasteiger partial charge in [-0.2, -0.15) is 0 Å². The fourth-order valence-corrected chi connectivity index (χ4v) is 2.98. The Kier molecular flexibility index (Phi) is 3.06. The molecule has 1 aliphatic heterocycles. The van der Waals surface area contributed by atoms with Crippen LogP contribution in [0.25, 0.3) is 0 Å². The minimum Gasteiger partial charge on any atom is -0.130 e. The van der Waals surface area contributed by atoms with Crippen LogP contribution in [0, 0.1) is 17.8 Å². The maximum atomic E-state index is 2.38. The zero-order valence-corrected chi connectivity index (χ0v) is 8.69. The van der Waals surface area contributed by atoms with Gasteiger partial charge < -0.3 is 0 Å². The van der Waals surface area contributed by atoms with Crippen molar-refractivity contribution in [2.45, 2.75) is 32.9 Å². The van der Waals surface area contributed by atoms with E-state index in [-0.39, 0.29) is 0 Å². The lowest BCUT2D eigenvalue weighted by Crippen LogP contribution is -2.22. The molecule has 0 saturated carbocycles. The molecule has 0 bridgehead atoms. The standard InChI is InChI=1S/C10H18S/c1-7(2)9-5-6-11-10(9)8(3)4/h5-10H,1-4H3. The molecular weight excluding hydrogens is 152 g/mol. The number of thioether (sulfide) groups is 1. The van der Waals surface area contributed by atoms with E-state index in [4.69, 9.17) is 0 Å². The van der Waals surface area contributed by atoms with Gasteiger partial charge in [0.25, 0.3) is 0 Å². The summed E-state index contributed by atoms with van der Waals surface area (Å²) in [5, 5.41) is 3.10. The van der Waals surface area contributed by atoms with E-state index in [0.29, 0.717) is 0 Å². The van der Waals surface area contributed by atoms with Crippen molar-refractivity contribution in [2.24, 2.45) is 17.8 Å². The molecule has 1 rings (SSSR count). The monoisotopic (exact) mass is 170 g/mol. The van der Waals surface area contributed by atoms with Crippen LogP contribution in [0.5, 0.6) is 0 Å². The van der Waals surface area contributed by atoms with Crippen LogP contribution >= 0.6 is 11.8 Å². The van der Waals surface area contributed by atoms with E-state index in [1.807, 2.05) is 11.8 Å².